The van der Waals surface area contributed by atoms with Crippen LogP contribution in [0.15, 0.2) is 12.1 Å². The Morgan fingerprint density at radius 3 is 2.06 bits per heavy atom. The molecule has 90 valence electrons. The van der Waals surface area contributed by atoms with Gasteiger partial charge in [0.2, 0.25) is 0 Å². The molecule has 0 amide bonds. The van der Waals surface area contributed by atoms with Gasteiger partial charge in [0, 0.05) is 0 Å². The van der Waals surface area contributed by atoms with Gasteiger partial charge < -0.3 is 9.84 Å². The van der Waals surface area contributed by atoms with Crippen LogP contribution in [0.25, 0.3) is 0 Å². The monoisotopic (exact) mass is 230 g/mol. The van der Waals surface area contributed by atoms with Crippen molar-refractivity contribution in [2.45, 2.75) is 39.4 Å². The third-order valence-corrected chi connectivity index (χ3v) is 2.44. The summed E-state index contributed by atoms with van der Waals surface area (Å²) in [6.07, 6.45) is 1.19. The number of aliphatic hydroxyl groups excluding tert-OH is 1. The van der Waals surface area contributed by atoms with Crippen LogP contribution in [0.2, 0.25) is 0 Å². The average molecular weight is 230 g/mol. The van der Waals surface area contributed by atoms with E-state index in [1.807, 2.05) is 13.8 Å². The smallest absolute Gasteiger partial charge is 0.191 e. The topological polar surface area (TPSA) is 29.5 Å². The van der Waals surface area contributed by atoms with E-state index in [-0.39, 0.29) is 24.0 Å². The summed E-state index contributed by atoms with van der Waals surface area (Å²) >= 11 is 0. The molecule has 0 atom stereocenters. The highest BCUT2D eigenvalue weighted by molar-refractivity contribution is 5.31. The van der Waals surface area contributed by atoms with E-state index in [1.165, 1.54) is 0 Å². The third-order valence-electron chi connectivity index (χ3n) is 2.44. The Bertz CT molecular complexity index is 326. The zero-order chi connectivity index (χ0) is 12.1. The van der Waals surface area contributed by atoms with Crippen molar-refractivity contribution in [3.63, 3.8) is 0 Å². The second kappa shape index (κ2) is 5.80. The molecule has 0 aromatic heterocycles. The second-order valence-corrected chi connectivity index (χ2v) is 3.60. The van der Waals surface area contributed by atoms with Crippen LogP contribution in [0.1, 0.15) is 32.3 Å². The molecule has 0 unspecified atom stereocenters. The summed E-state index contributed by atoms with van der Waals surface area (Å²) in [5, 5.41) is 8.78. The highest BCUT2D eigenvalue weighted by Crippen LogP contribution is 2.25. The Morgan fingerprint density at radius 1 is 1.19 bits per heavy atom. The van der Waals surface area contributed by atoms with Gasteiger partial charge in [-0.1, -0.05) is 13.8 Å². The van der Waals surface area contributed by atoms with Crippen LogP contribution in [0.4, 0.5) is 8.78 Å². The fourth-order valence-electron chi connectivity index (χ4n) is 1.44. The van der Waals surface area contributed by atoms with Crippen molar-refractivity contribution in [2.75, 3.05) is 0 Å². The molecule has 0 aliphatic heterocycles. The number of benzene rings is 1. The van der Waals surface area contributed by atoms with E-state index in [0.717, 1.165) is 12.1 Å². The zero-order valence-electron chi connectivity index (χ0n) is 9.46. The SMILES string of the molecule is CCC(CC)Oc1c(F)cc(CO)cc1F. The summed E-state index contributed by atoms with van der Waals surface area (Å²) in [5.41, 5.74) is 0.201. The molecule has 1 aromatic rings. The Labute approximate surface area is 93.9 Å². The number of halogens is 2. The van der Waals surface area contributed by atoms with Crippen LogP contribution in [0.3, 0.4) is 0 Å². The molecular weight excluding hydrogens is 214 g/mol. The summed E-state index contributed by atoms with van der Waals surface area (Å²) in [6, 6.07) is 2.17. The Kier molecular flexibility index (Phi) is 4.68. The Hall–Kier alpha value is -1.16. The molecular formula is C12H16F2O2. The minimum absolute atomic E-state index is 0.191. The molecule has 0 aliphatic rings. The van der Waals surface area contributed by atoms with Gasteiger partial charge >= 0.3 is 0 Å². The minimum atomic E-state index is -0.768. The van der Waals surface area contributed by atoms with Crippen molar-refractivity contribution in [1.82, 2.24) is 0 Å². The van der Waals surface area contributed by atoms with Gasteiger partial charge in [0.25, 0.3) is 0 Å². The van der Waals surface area contributed by atoms with E-state index in [1.54, 1.807) is 0 Å². The molecule has 0 spiro atoms. The largest absolute Gasteiger partial charge is 0.484 e. The van der Waals surface area contributed by atoms with Crippen molar-refractivity contribution in [3.05, 3.63) is 29.3 Å². The lowest BCUT2D eigenvalue weighted by Gasteiger charge is -2.17. The fourth-order valence-corrected chi connectivity index (χ4v) is 1.44. The van der Waals surface area contributed by atoms with Crippen LogP contribution in [0, 0.1) is 11.6 Å². The molecule has 1 rings (SSSR count). The van der Waals surface area contributed by atoms with Crippen molar-refractivity contribution in [3.8, 4) is 5.75 Å². The van der Waals surface area contributed by atoms with Crippen molar-refractivity contribution < 1.29 is 18.6 Å². The van der Waals surface area contributed by atoms with E-state index in [9.17, 15) is 8.78 Å². The number of ether oxygens (including phenoxy) is 1. The van der Waals surface area contributed by atoms with Crippen molar-refractivity contribution in [2.24, 2.45) is 0 Å². The lowest BCUT2D eigenvalue weighted by molar-refractivity contribution is 0.175. The maximum atomic E-state index is 13.5. The first-order chi connectivity index (χ1) is 7.62. The van der Waals surface area contributed by atoms with E-state index in [2.05, 4.69) is 0 Å². The van der Waals surface area contributed by atoms with E-state index < -0.39 is 11.6 Å². The molecule has 0 saturated carbocycles. The first-order valence-electron chi connectivity index (χ1n) is 5.37. The summed E-state index contributed by atoms with van der Waals surface area (Å²) in [7, 11) is 0. The van der Waals surface area contributed by atoms with Crippen LogP contribution in [0.5, 0.6) is 5.75 Å². The predicted molar refractivity (Wildman–Crippen MR) is 57.3 cm³/mol. The molecule has 16 heavy (non-hydrogen) atoms. The number of hydrogen-bond acceptors (Lipinski definition) is 2. The van der Waals surface area contributed by atoms with Crippen LogP contribution in [-0.4, -0.2) is 11.2 Å². The maximum Gasteiger partial charge on any atom is 0.191 e. The van der Waals surface area contributed by atoms with Gasteiger partial charge in [-0.15, -0.1) is 0 Å². The van der Waals surface area contributed by atoms with Gasteiger partial charge in [-0.3, -0.25) is 0 Å². The third kappa shape index (κ3) is 2.92. The van der Waals surface area contributed by atoms with Gasteiger partial charge in [0.15, 0.2) is 17.4 Å². The highest BCUT2D eigenvalue weighted by atomic mass is 19.1. The molecule has 0 aliphatic carbocycles. The average Bonchev–Trinajstić information content (AvgIpc) is 2.28. The molecule has 0 saturated heterocycles. The quantitative estimate of drug-likeness (QED) is 0.842. The first-order valence-corrected chi connectivity index (χ1v) is 5.37. The molecule has 0 radical (unpaired) electrons. The lowest BCUT2D eigenvalue weighted by Crippen LogP contribution is -2.15. The molecule has 1 N–H and O–H groups in total. The van der Waals surface area contributed by atoms with Gasteiger partial charge in [-0.25, -0.2) is 8.78 Å². The summed E-state index contributed by atoms with van der Waals surface area (Å²) in [4.78, 5) is 0. The van der Waals surface area contributed by atoms with Gasteiger partial charge in [-0.2, -0.15) is 0 Å². The van der Waals surface area contributed by atoms with Crippen molar-refractivity contribution >= 4 is 0 Å². The first kappa shape index (κ1) is 12.9. The standard InChI is InChI=1S/C12H16F2O2/c1-3-9(4-2)16-12-10(13)5-8(7-15)6-11(12)14/h5-6,9,15H,3-4,7H2,1-2H3. The van der Waals surface area contributed by atoms with E-state index >= 15 is 0 Å². The molecule has 2 nitrogen and oxygen atoms in total. The van der Waals surface area contributed by atoms with E-state index in [0.29, 0.717) is 12.8 Å². The van der Waals surface area contributed by atoms with Crippen LogP contribution in [-0.2, 0) is 6.61 Å². The minimum Gasteiger partial charge on any atom is -0.484 e. The fraction of sp³-hybridized carbons (Fsp3) is 0.500. The Balaban J connectivity index is 2.95. The maximum absolute atomic E-state index is 13.5. The number of hydrogen-bond donors (Lipinski definition) is 1. The van der Waals surface area contributed by atoms with Gasteiger partial charge in [-0.05, 0) is 30.5 Å². The molecule has 0 fully saturated rings. The second-order valence-electron chi connectivity index (χ2n) is 3.60. The molecule has 0 heterocycles. The van der Waals surface area contributed by atoms with Gasteiger partial charge in [0.1, 0.15) is 0 Å². The lowest BCUT2D eigenvalue weighted by atomic mass is 10.2. The van der Waals surface area contributed by atoms with Crippen molar-refractivity contribution in [1.29, 1.82) is 0 Å². The van der Waals surface area contributed by atoms with Crippen LogP contribution >= 0.6 is 0 Å². The molecule has 1 aromatic carbocycles. The van der Waals surface area contributed by atoms with Crippen LogP contribution < -0.4 is 4.74 Å². The molecule has 4 heteroatoms. The normalized spacial score (nSPS) is 10.9. The highest BCUT2D eigenvalue weighted by Gasteiger charge is 2.15. The Morgan fingerprint density at radius 2 is 1.69 bits per heavy atom. The van der Waals surface area contributed by atoms with Gasteiger partial charge in [0.05, 0.1) is 12.7 Å². The molecule has 0 bridgehead atoms. The number of rotatable bonds is 5. The summed E-state index contributed by atoms with van der Waals surface area (Å²) < 4.78 is 32.2. The zero-order valence-corrected chi connectivity index (χ0v) is 9.46. The van der Waals surface area contributed by atoms with E-state index in [4.69, 9.17) is 9.84 Å². The predicted octanol–water partition coefficient (Wildman–Crippen LogP) is 3.02. The number of aliphatic hydroxyl groups is 1. The summed E-state index contributed by atoms with van der Waals surface area (Å²) in [5.74, 6) is -1.89. The summed E-state index contributed by atoms with van der Waals surface area (Å²) in [6.45, 7) is 3.40.